The van der Waals surface area contributed by atoms with Gasteiger partial charge in [0.1, 0.15) is 0 Å². The molecule has 0 aromatic rings. The van der Waals surface area contributed by atoms with E-state index in [9.17, 15) is 28.0 Å². The molecule has 0 bridgehead atoms. The molecule has 0 heterocycles. The molecule has 38 heavy (non-hydrogen) atoms. The fourth-order valence-electron chi connectivity index (χ4n) is 12.1. The number of carbonyl (C=O) groups is 1. The number of aliphatic carboxylic acids is 1. The van der Waals surface area contributed by atoms with Gasteiger partial charge in [0.15, 0.2) is 0 Å². The zero-order valence-corrected chi connectivity index (χ0v) is 25.0. The third-order valence-corrected chi connectivity index (χ3v) is 14.6. The van der Waals surface area contributed by atoms with Crippen LogP contribution in [-0.4, -0.2) is 41.9 Å². The van der Waals surface area contributed by atoms with Crippen molar-refractivity contribution in [3.05, 3.63) is 0 Å². The van der Waals surface area contributed by atoms with Crippen LogP contribution in [-0.2, 0) is 19.4 Å². The van der Waals surface area contributed by atoms with Crippen molar-refractivity contribution in [2.75, 3.05) is 6.61 Å². The summed E-state index contributed by atoms with van der Waals surface area (Å²) in [5.41, 5.74) is -0.931. The topological polar surface area (TPSA) is 121 Å². The van der Waals surface area contributed by atoms with Crippen molar-refractivity contribution >= 4 is 16.4 Å². The first-order valence-electron chi connectivity index (χ1n) is 15.0. The van der Waals surface area contributed by atoms with E-state index in [-0.39, 0.29) is 51.9 Å². The minimum Gasteiger partial charge on any atom is -0.481 e. The molecule has 0 aromatic heterocycles. The van der Waals surface area contributed by atoms with Crippen LogP contribution in [0.3, 0.4) is 0 Å². The van der Waals surface area contributed by atoms with E-state index in [2.05, 4.69) is 41.5 Å². The highest BCUT2D eigenvalue weighted by Gasteiger charge is 2.72. The first kappa shape index (κ1) is 28.8. The molecule has 8 heteroatoms. The molecule has 0 saturated heterocycles. The quantitative estimate of drug-likeness (QED) is 0.358. The molecule has 0 aliphatic heterocycles. The number of aliphatic hydroxyl groups is 1. The van der Waals surface area contributed by atoms with Crippen molar-refractivity contribution in [1.29, 1.82) is 0 Å². The summed E-state index contributed by atoms with van der Waals surface area (Å²) < 4.78 is 38.0. The Balaban J connectivity index is 1.51. The minimum absolute atomic E-state index is 0.0250. The van der Waals surface area contributed by atoms with Gasteiger partial charge in [0.25, 0.3) is 0 Å². The Morgan fingerprint density at radius 1 is 0.895 bits per heavy atom. The first-order chi connectivity index (χ1) is 17.5. The first-order valence-corrected chi connectivity index (χ1v) is 16.3. The third-order valence-electron chi connectivity index (χ3n) is 14.1. The highest BCUT2D eigenvalue weighted by Crippen LogP contribution is 2.77. The number of carboxylic acid groups (broad SMARTS) is 1. The third kappa shape index (κ3) is 3.75. The lowest BCUT2D eigenvalue weighted by molar-refractivity contribution is -0.248. The summed E-state index contributed by atoms with van der Waals surface area (Å²) in [6.07, 6.45) is 8.36. The van der Waals surface area contributed by atoms with E-state index in [0.29, 0.717) is 18.3 Å². The largest absolute Gasteiger partial charge is 0.481 e. The van der Waals surface area contributed by atoms with Gasteiger partial charge in [-0.1, -0.05) is 41.5 Å². The molecule has 6 unspecified atom stereocenters. The second kappa shape index (κ2) is 8.90. The minimum atomic E-state index is -4.52. The maximum absolute atomic E-state index is 12.9. The fraction of sp³-hybridized carbons (Fsp3) is 0.967. The van der Waals surface area contributed by atoms with Gasteiger partial charge in [0, 0.05) is 6.61 Å². The Morgan fingerprint density at radius 3 is 2.18 bits per heavy atom. The van der Waals surface area contributed by atoms with Crippen LogP contribution < -0.4 is 0 Å². The van der Waals surface area contributed by atoms with Crippen LogP contribution >= 0.6 is 0 Å². The van der Waals surface area contributed by atoms with Crippen LogP contribution in [0.4, 0.5) is 0 Å². The molecule has 0 spiro atoms. The Bertz CT molecular complexity index is 1070. The predicted octanol–water partition coefficient (Wildman–Crippen LogP) is 5.97. The lowest BCUT2D eigenvalue weighted by Gasteiger charge is -2.72. The summed E-state index contributed by atoms with van der Waals surface area (Å²) in [6, 6.07) is 0. The molecular formula is C30H50O7S. The number of carboxylic acids is 1. The summed E-state index contributed by atoms with van der Waals surface area (Å²) >= 11 is 0. The number of rotatable bonds is 5. The van der Waals surface area contributed by atoms with Gasteiger partial charge in [-0.25, -0.2) is 4.18 Å². The molecule has 0 radical (unpaired) electrons. The van der Waals surface area contributed by atoms with E-state index in [1.54, 1.807) is 0 Å². The maximum atomic E-state index is 12.9. The van der Waals surface area contributed by atoms with Crippen molar-refractivity contribution in [3.8, 4) is 0 Å². The maximum Gasteiger partial charge on any atom is 0.397 e. The van der Waals surface area contributed by atoms with Crippen LogP contribution in [0.15, 0.2) is 0 Å². The molecule has 7 nitrogen and oxygen atoms in total. The van der Waals surface area contributed by atoms with E-state index in [1.807, 2.05) is 0 Å². The van der Waals surface area contributed by atoms with E-state index >= 15 is 0 Å². The molecule has 5 aliphatic carbocycles. The average Bonchev–Trinajstić information content (AvgIpc) is 3.21. The molecule has 0 amide bonds. The highest BCUT2D eigenvalue weighted by molar-refractivity contribution is 7.80. The average molecular weight is 555 g/mol. The van der Waals surface area contributed by atoms with Crippen LogP contribution in [0.2, 0.25) is 0 Å². The fourth-order valence-corrected chi connectivity index (χ4v) is 12.7. The van der Waals surface area contributed by atoms with E-state index in [0.717, 1.165) is 57.8 Å². The SMILES string of the molecule is CC(CO)C1CC[C@]2(C(=O)O)CC[C@]3(C)C(CCC4[C@@]5(C)CC[C@H](OS(=O)(=O)O)C(C)(C)C5CC[C@]43C)C12. The molecule has 11 atom stereocenters. The molecular weight excluding hydrogens is 504 g/mol. The monoisotopic (exact) mass is 554 g/mol. The van der Waals surface area contributed by atoms with Gasteiger partial charge in [-0.2, -0.15) is 8.42 Å². The van der Waals surface area contributed by atoms with Gasteiger partial charge in [0.05, 0.1) is 11.5 Å². The molecule has 0 aromatic carbocycles. The van der Waals surface area contributed by atoms with Crippen molar-refractivity contribution < 1.29 is 32.2 Å². The van der Waals surface area contributed by atoms with Gasteiger partial charge in [-0.05, 0) is 121 Å². The lowest BCUT2D eigenvalue weighted by atomic mass is 9.32. The molecule has 5 rings (SSSR count). The molecule has 5 aliphatic rings. The number of hydrogen-bond acceptors (Lipinski definition) is 5. The van der Waals surface area contributed by atoms with Gasteiger partial charge < -0.3 is 10.2 Å². The Hall–Kier alpha value is -0.700. The second-order valence-electron chi connectivity index (χ2n) is 15.4. The summed E-state index contributed by atoms with van der Waals surface area (Å²) in [6.45, 7) is 13.8. The molecule has 5 saturated carbocycles. The van der Waals surface area contributed by atoms with Crippen LogP contribution in [0.25, 0.3) is 0 Å². The smallest absolute Gasteiger partial charge is 0.397 e. The van der Waals surface area contributed by atoms with Crippen LogP contribution in [0.5, 0.6) is 0 Å². The van der Waals surface area contributed by atoms with Crippen molar-refractivity contribution in [1.82, 2.24) is 0 Å². The van der Waals surface area contributed by atoms with Crippen molar-refractivity contribution in [2.45, 2.75) is 112 Å². The summed E-state index contributed by atoms with van der Waals surface area (Å²) in [7, 11) is -4.52. The second-order valence-corrected chi connectivity index (χ2v) is 16.4. The lowest BCUT2D eigenvalue weighted by Crippen LogP contribution is -2.67. The van der Waals surface area contributed by atoms with Crippen molar-refractivity contribution in [3.63, 3.8) is 0 Å². The highest BCUT2D eigenvalue weighted by atomic mass is 32.3. The number of fused-ring (bicyclic) bond motifs is 7. The summed E-state index contributed by atoms with van der Waals surface area (Å²) in [5, 5.41) is 20.7. The molecule has 5 fully saturated rings. The Labute approximate surface area is 229 Å². The van der Waals surface area contributed by atoms with E-state index in [1.165, 1.54) is 0 Å². The Morgan fingerprint density at radius 2 is 1.58 bits per heavy atom. The van der Waals surface area contributed by atoms with Gasteiger partial charge in [0.2, 0.25) is 0 Å². The molecule has 3 N–H and O–H groups in total. The zero-order chi connectivity index (χ0) is 28.1. The van der Waals surface area contributed by atoms with Crippen molar-refractivity contribution in [2.24, 2.45) is 62.6 Å². The van der Waals surface area contributed by atoms with Crippen LogP contribution in [0, 0.1) is 62.6 Å². The summed E-state index contributed by atoms with van der Waals surface area (Å²) in [4.78, 5) is 12.9. The standard InChI is InChI=1S/C30H50O7S/c1-18(17-31)19-9-14-30(25(32)33)16-15-28(5)20(24(19)30)7-8-22-27(4)12-11-23(37-38(34,35)36)26(2,3)21(27)10-13-29(22,28)6/h18-24,31H,7-17H2,1-6H3,(H,32,33)(H,34,35,36)/t18?,19?,20?,21?,22?,23-,24?,27-,28+,29+,30-/m0/s1. The number of hydrogen-bond donors (Lipinski definition) is 3. The van der Waals surface area contributed by atoms with Gasteiger partial charge >= 0.3 is 16.4 Å². The van der Waals surface area contributed by atoms with E-state index in [4.69, 9.17) is 4.18 Å². The van der Waals surface area contributed by atoms with Crippen LogP contribution in [0.1, 0.15) is 106 Å². The normalized spacial score (nSPS) is 50.7. The van der Waals surface area contributed by atoms with E-state index < -0.39 is 27.9 Å². The summed E-state index contributed by atoms with van der Waals surface area (Å²) in [5.74, 6) is 0.930. The van der Waals surface area contributed by atoms with Gasteiger partial charge in [-0.15, -0.1) is 0 Å². The Kier molecular flexibility index (Phi) is 6.75. The number of aliphatic hydroxyl groups excluding tert-OH is 1. The van der Waals surface area contributed by atoms with Gasteiger partial charge in [-0.3, -0.25) is 9.35 Å². The predicted molar refractivity (Wildman–Crippen MR) is 144 cm³/mol. The molecule has 218 valence electrons. The zero-order valence-electron chi connectivity index (χ0n) is 24.2.